The van der Waals surface area contributed by atoms with Gasteiger partial charge in [0.1, 0.15) is 17.5 Å². The van der Waals surface area contributed by atoms with E-state index in [1.54, 1.807) is 17.0 Å². The third-order valence-electron chi connectivity index (χ3n) is 8.77. The first-order chi connectivity index (χ1) is 17.0. The van der Waals surface area contributed by atoms with Crippen molar-refractivity contribution in [3.63, 3.8) is 0 Å². The van der Waals surface area contributed by atoms with Gasteiger partial charge in [0.2, 0.25) is 5.43 Å². The summed E-state index contributed by atoms with van der Waals surface area (Å²) in [5.74, 6) is 0.234. The van der Waals surface area contributed by atoms with Gasteiger partial charge in [-0.05, 0) is 85.5 Å². The van der Waals surface area contributed by atoms with Crippen LogP contribution in [0.2, 0.25) is 0 Å². The number of halogens is 2. The summed E-state index contributed by atoms with van der Waals surface area (Å²) in [6.07, 6.45) is 8.63. The molecule has 2 aromatic heterocycles. The first kappa shape index (κ1) is 23.3. The fourth-order valence-corrected chi connectivity index (χ4v) is 8.07. The van der Waals surface area contributed by atoms with Gasteiger partial charge in [0.05, 0.1) is 16.6 Å². The van der Waals surface area contributed by atoms with E-state index in [4.69, 9.17) is 0 Å². The number of carbonyl (C=O) groups excluding carboxylic acids is 1. The van der Waals surface area contributed by atoms with Gasteiger partial charge in [-0.2, -0.15) is 0 Å². The van der Waals surface area contributed by atoms with Gasteiger partial charge in [-0.25, -0.2) is 13.8 Å². The standard InChI is InChI=1S/C29H31F2N3O2/c1-28-10-17-8-18(11-28)13-29(12-17,16-28)14-24(35)21-15-34(23-6-4-19(30)9-22(23)31)27-20(26(21)36)5-7-25(32-27)33(2)3/h4-7,9,15,17-18H,8,10-14,16H2,1-3H3. The summed E-state index contributed by atoms with van der Waals surface area (Å²) in [5.41, 5.74) is 0.166. The fraction of sp³-hybridized carbons (Fsp3) is 0.483. The maximum Gasteiger partial charge on any atom is 0.201 e. The lowest BCUT2D eigenvalue weighted by atomic mass is 9.44. The minimum atomic E-state index is -0.788. The monoisotopic (exact) mass is 491 g/mol. The smallest absolute Gasteiger partial charge is 0.201 e. The molecule has 4 aliphatic rings. The lowest BCUT2D eigenvalue weighted by Crippen LogP contribution is -2.51. The van der Waals surface area contributed by atoms with Gasteiger partial charge < -0.3 is 4.90 Å². The van der Waals surface area contributed by atoms with Crippen LogP contribution in [0.1, 0.15) is 62.2 Å². The summed E-state index contributed by atoms with van der Waals surface area (Å²) in [5, 5.41) is 0.243. The molecule has 2 unspecified atom stereocenters. The van der Waals surface area contributed by atoms with Gasteiger partial charge in [0, 0.05) is 32.8 Å². The topological polar surface area (TPSA) is 55.2 Å². The molecular formula is C29H31F2N3O2. The Morgan fingerprint density at radius 3 is 2.47 bits per heavy atom. The van der Waals surface area contributed by atoms with Gasteiger partial charge in [-0.15, -0.1) is 0 Å². The van der Waals surface area contributed by atoms with E-state index in [1.807, 2.05) is 14.1 Å². The molecule has 0 saturated heterocycles. The quantitative estimate of drug-likeness (QED) is 0.417. The van der Waals surface area contributed by atoms with E-state index < -0.39 is 11.6 Å². The SMILES string of the molecule is CN(C)c1ccc2c(=O)c(C(=O)CC34CC5CC(CC(C)(C5)C3)C4)cn(-c3ccc(F)cc3F)c2n1. The molecule has 3 aromatic rings. The third kappa shape index (κ3) is 3.75. The van der Waals surface area contributed by atoms with Crippen molar-refractivity contribution in [2.24, 2.45) is 22.7 Å². The summed E-state index contributed by atoms with van der Waals surface area (Å²) < 4.78 is 30.0. The first-order valence-corrected chi connectivity index (χ1v) is 12.8. The molecule has 7 rings (SSSR count). The molecule has 7 heteroatoms. The molecule has 1 aromatic carbocycles. The summed E-state index contributed by atoms with van der Waals surface area (Å²) in [4.78, 5) is 33.7. The van der Waals surface area contributed by atoms with Crippen LogP contribution in [0, 0.1) is 34.3 Å². The van der Waals surface area contributed by atoms with E-state index in [0.29, 0.717) is 24.1 Å². The Hall–Kier alpha value is -3.09. The highest BCUT2D eigenvalue weighted by molar-refractivity contribution is 5.99. The highest BCUT2D eigenvalue weighted by Gasteiger charge is 2.56. The lowest BCUT2D eigenvalue weighted by Gasteiger charge is -2.61. The van der Waals surface area contributed by atoms with Crippen molar-refractivity contribution in [3.8, 4) is 5.69 Å². The largest absolute Gasteiger partial charge is 0.363 e. The molecule has 0 radical (unpaired) electrons. The Labute approximate surface area is 209 Å². The van der Waals surface area contributed by atoms with Crippen LogP contribution in [0.25, 0.3) is 16.7 Å². The average molecular weight is 492 g/mol. The zero-order valence-electron chi connectivity index (χ0n) is 21.0. The molecule has 0 aliphatic heterocycles. The molecule has 4 fully saturated rings. The van der Waals surface area contributed by atoms with Crippen LogP contribution >= 0.6 is 0 Å². The van der Waals surface area contributed by atoms with Gasteiger partial charge >= 0.3 is 0 Å². The number of Topliss-reactive ketones (excluding diaryl/α,β-unsaturated/α-hetero) is 1. The van der Waals surface area contributed by atoms with E-state index >= 15 is 0 Å². The maximum atomic E-state index is 14.9. The average Bonchev–Trinajstić information content (AvgIpc) is 2.77. The number of anilines is 1. The van der Waals surface area contributed by atoms with Crippen molar-refractivity contribution in [2.75, 3.05) is 19.0 Å². The van der Waals surface area contributed by atoms with Crippen LogP contribution in [0.3, 0.4) is 0 Å². The molecule has 0 amide bonds. The van der Waals surface area contributed by atoms with Crippen LogP contribution < -0.4 is 10.3 Å². The van der Waals surface area contributed by atoms with Crippen molar-refractivity contribution in [3.05, 3.63) is 63.9 Å². The Balaban J connectivity index is 1.47. The molecule has 0 spiro atoms. The molecule has 0 N–H and O–H groups in total. The van der Waals surface area contributed by atoms with E-state index in [9.17, 15) is 18.4 Å². The molecule has 2 heterocycles. The molecule has 4 saturated carbocycles. The highest BCUT2D eigenvalue weighted by Crippen LogP contribution is 2.66. The minimum absolute atomic E-state index is 0.0428. The second-order valence-electron chi connectivity index (χ2n) is 12.1. The second-order valence-corrected chi connectivity index (χ2v) is 12.1. The van der Waals surface area contributed by atoms with Crippen LogP contribution in [-0.2, 0) is 0 Å². The van der Waals surface area contributed by atoms with Crippen molar-refractivity contribution in [1.29, 1.82) is 0 Å². The van der Waals surface area contributed by atoms with E-state index in [1.165, 1.54) is 36.1 Å². The Morgan fingerprint density at radius 1 is 1.11 bits per heavy atom. The van der Waals surface area contributed by atoms with Crippen LogP contribution in [0.5, 0.6) is 0 Å². The number of hydrogen-bond acceptors (Lipinski definition) is 4. The number of fused-ring (bicyclic) bond motifs is 1. The van der Waals surface area contributed by atoms with Crippen LogP contribution in [-0.4, -0.2) is 29.4 Å². The summed E-state index contributed by atoms with van der Waals surface area (Å²) in [6, 6.07) is 6.62. The summed E-state index contributed by atoms with van der Waals surface area (Å²) in [7, 11) is 3.64. The van der Waals surface area contributed by atoms with Gasteiger partial charge in [-0.3, -0.25) is 14.2 Å². The Morgan fingerprint density at radius 2 is 1.83 bits per heavy atom. The molecule has 36 heavy (non-hydrogen) atoms. The zero-order valence-corrected chi connectivity index (χ0v) is 21.0. The molecule has 2 atom stereocenters. The van der Waals surface area contributed by atoms with Crippen molar-refractivity contribution >= 4 is 22.6 Å². The highest BCUT2D eigenvalue weighted by atomic mass is 19.1. The van der Waals surface area contributed by atoms with Crippen LogP contribution in [0.4, 0.5) is 14.6 Å². The summed E-state index contributed by atoms with van der Waals surface area (Å²) >= 11 is 0. The number of benzene rings is 1. The van der Waals surface area contributed by atoms with Gasteiger partial charge in [-0.1, -0.05) is 6.92 Å². The lowest BCUT2D eigenvalue weighted by molar-refractivity contribution is -0.100. The fourth-order valence-electron chi connectivity index (χ4n) is 8.07. The molecule has 4 bridgehead atoms. The normalized spacial score (nSPS) is 28.6. The predicted octanol–water partition coefficient (Wildman–Crippen LogP) is 5.91. The number of pyridine rings is 2. The van der Waals surface area contributed by atoms with E-state index in [0.717, 1.165) is 31.4 Å². The van der Waals surface area contributed by atoms with Gasteiger partial charge in [0.15, 0.2) is 11.4 Å². The van der Waals surface area contributed by atoms with Crippen molar-refractivity contribution < 1.29 is 13.6 Å². The number of ketones is 1. The second kappa shape index (κ2) is 7.95. The Kier molecular flexibility index (Phi) is 5.15. The van der Waals surface area contributed by atoms with Crippen LogP contribution in [0.15, 0.2) is 41.3 Å². The van der Waals surface area contributed by atoms with E-state index in [2.05, 4.69) is 11.9 Å². The molecular weight excluding hydrogens is 460 g/mol. The number of nitrogens with zero attached hydrogens (tertiary/aromatic N) is 3. The minimum Gasteiger partial charge on any atom is -0.363 e. The van der Waals surface area contributed by atoms with E-state index in [-0.39, 0.29) is 44.3 Å². The third-order valence-corrected chi connectivity index (χ3v) is 8.77. The summed E-state index contributed by atoms with van der Waals surface area (Å²) in [6.45, 7) is 2.36. The van der Waals surface area contributed by atoms with Crippen molar-refractivity contribution in [1.82, 2.24) is 9.55 Å². The van der Waals surface area contributed by atoms with Crippen molar-refractivity contribution in [2.45, 2.75) is 51.9 Å². The zero-order chi connectivity index (χ0) is 25.4. The predicted molar refractivity (Wildman–Crippen MR) is 136 cm³/mol. The molecule has 188 valence electrons. The molecule has 5 nitrogen and oxygen atoms in total. The first-order valence-electron chi connectivity index (χ1n) is 12.8. The number of rotatable bonds is 5. The van der Waals surface area contributed by atoms with Gasteiger partial charge in [0.25, 0.3) is 0 Å². The number of carbonyl (C=O) groups is 1. The Bertz CT molecular complexity index is 1450. The molecule has 4 aliphatic carbocycles. The number of hydrogen-bond donors (Lipinski definition) is 0. The maximum absolute atomic E-state index is 14.9. The number of aromatic nitrogens is 2.